The highest BCUT2D eigenvalue weighted by molar-refractivity contribution is 7.23. The minimum absolute atomic E-state index is 0.00476. The smallest absolute Gasteiger partial charge is 0.343 e. The molecular formula is C62H68ClF3N10O7S. The molecule has 7 aromatic rings. The molecule has 9 heterocycles. The van der Waals surface area contributed by atoms with Gasteiger partial charge in [-0.25, -0.2) is 22.9 Å². The Labute approximate surface area is 493 Å². The van der Waals surface area contributed by atoms with Gasteiger partial charge < -0.3 is 44.7 Å². The number of nitrogens with two attached hydrogens (primary N) is 1. The van der Waals surface area contributed by atoms with Gasteiger partial charge in [-0.15, -0.1) is 11.3 Å². The number of nitriles is 1. The number of pyridine rings is 2. The van der Waals surface area contributed by atoms with Crippen molar-refractivity contribution in [3.63, 3.8) is 0 Å². The van der Waals surface area contributed by atoms with Crippen molar-refractivity contribution in [2.45, 2.75) is 129 Å². The molecule has 0 radical (unpaired) electrons. The largest absolute Gasteiger partial charge is 0.493 e. The first-order chi connectivity index (χ1) is 40.1. The number of halogens is 4. The van der Waals surface area contributed by atoms with E-state index in [1.165, 1.54) is 18.6 Å². The van der Waals surface area contributed by atoms with Crippen molar-refractivity contribution in [1.82, 2.24) is 34.6 Å². The first kappa shape index (κ1) is 58.7. The number of aliphatic hydroxyl groups is 1. The van der Waals surface area contributed by atoms with Crippen LogP contribution in [0.4, 0.5) is 24.0 Å². The average Bonchev–Trinajstić information content (AvgIpc) is 1.78. The molecule has 84 heavy (non-hydrogen) atoms. The van der Waals surface area contributed by atoms with Gasteiger partial charge in [0.1, 0.15) is 53.4 Å². The number of esters is 1. The van der Waals surface area contributed by atoms with Crippen molar-refractivity contribution < 1.29 is 42.1 Å². The molecule has 4 N–H and O–H groups in total. The topological polar surface area (TPSA) is 214 Å². The quantitative estimate of drug-likeness (QED) is 0.0916. The number of hydrogen-bond acceptors (Lipinski definition) is 16. The third kappa shape index (κ3) is 9.94. The minimum Gasteiger partial charge on any atom is -0.493 e. The van der Waals surface area contributed by atoms with Gasteiger partial charge in [-0.1, -0.05) is 45.4 Å². The number of aryl methyl sites for hydroxylation is 1. The van der Waals surface area contributed by atoms with E-state index in [1.807, 2.05) is 50.9 Å². The highest BCUT2D eigenvalue weighted by atomic mass is 35.5. The predicted molar refractivity (Wildman–Crippen MR) is 318 cm³/mol. The third-order valence-corrected chi connectivity index (χ3v) is 19.4. The number of thiophene rings is 1. The Morgan fingerprint density at radius 3 is 2.55 bits per heavy atom. The second-order valence-electron chi connectivity index (χ2n) is 23.5. The van der Waals surface area contributed by atoms with Crippen LogP contribution < -0.4 is 31.0 Å². The van der Waals surface area contributed by atoms with Gasteiger partial charge >= 0.3 is 12.0 Å². The maximum atomic E-state index is 17.5. The van der Waals surface area contributed by atoms with Crippen LogP contribution >= 0.6 is 22.9 Å². The van der Waals surface area contributed by atoms with E-state index in [9.17, 15) is 29.1 Å². The van der Waals surface area contributed by atoms with Crippen LogP contribution in [0.15, 0.2) is 47.3 Å². The van der Waals surface area contributed by atoms with Crippen molar-refractivity contribution in [2.75, 3.05) is 63.6 Å². The molecule has 3 fully saturated rings. The van der Waals surface area contributed by atoms with Gasteiger partial charge in [-0.05, 0) is 114 Å². The molecule has 22 heteroatoms. The fourth-order valence-electron chi connectivity index (χ4n) is 12.7. The summed E-state index contributed by atoms with van der Waals surface area (Å²) in [6.45, 7) is 16.1. The lowest BCUT2D eigenvalue weighted by molar-refractivity contribution is -0.172. The number of aromatic nitrogens is 4. The van der Waals surface area contributed by atoms with Crippen LogP contribution in [-0.4, -0.2) is 123 Å². The second kappa shape index (κ2) is 22.4. The number of carbonyl (C=O) groups is 2. The standard InChI is InChI=1S/C56H53ClF3N9O7S.C6H15N/c1-5-31-33-16-30(8-11-41(33)63-46-36(31)23-69-42(46)18-38-37(52(69)71)25-75-53(72)56(38,73)6-2)74-24-27(3)51(70)66-14-15-68(28(4)21-66)50-34-17-39(57)44(32-9-10-40(59)48-43(32)35(20-61)49(62)77-48)45(60)47(34)64-54(65-50)76-26-55-12-7-13-67(55)22-29(58)19-55;1-5-6(2,3)7-4/h8-11,16-18,27-29,73H,5-7,12-15,19,21-26,62H2,1-4H3;7H,5H2,1-4H3. The zero-order chi connectivity index (χ0) is 59.9. The highest BCUT2D eigenvalue weighted by Crippen LogP contribution is 2.47. The van der Waals surface area contributed by atoms with E-state index in [0.717, 1.165) is 47.2 Å². The van der Waals surface area contributed by atoms with Crippen LogP contribution in [0.1, 0.15) is 108 Å². The summed E-state index contributed by atoms with van der Waals surface area (Å²) in [5, 5.41) is 25.9. The van der Waals surface area contributed by atoms with Crippen molar-refractivity contribution in [3.05, 3.63) is 97.3 Å². The monoisotopic (exact) mass is 1190 g/mol. The van der Waals surface area contributed by atoms with Gasteiger partial charge in [-0.3, -0.25) is 14.5 Å². The number of alkyl halides is 1. The number of ether oxygens (including phenoxy) is 3. The van der Waals surface area contributed by atoms with Crippen molar-refractivity contribution in [3.8, 4) is 40.3 Å². The van der Waals surface area contributed by atoms with Crippen LogP contribution in [0.5, 0.6) is 11.8 Å². The fraction of sp³-hybridized carbons (Fsp3) is 0.468. The number of fused-ring (bicyclic) bond motifs is 8. The molecule has 3 aromatic carbocycles. The molecule has 0 saturated carbocycles. The highest BCUT2D eigenvalue weighted by Gasteiger charge is 2.50. The number of rotatable bonds is 13. The number of nitrogens with zero attached hydrogens (tertiary/aromatic N) is 8. The van der Waals surface area contributed by atoms with Gasteiger partial charge in [0, 0.05) is 77.0 Å². The number of cyclic esters (lactones) is 1. The van der Waals surface area contributed by atoms with Gasteiger partial charge in [-0.2, -0.15) is 15.2 Å². The molecule has 12 rings (SSSR count). The summed E-state index contributed by atoms with van der Waals surface area (Å²) in [4.78, 5) is 61.1. The number of carbonyl (C=O) groups excluding carboxylic acids is 2. The maximum Gasteiger partial charge on any atom is 0.343 e. The van der Waals surface area contributed by atoms with E-state index in [1.54, 1.807) is 34.6 Å². The molecule has 442 valence electrons. The van der Waals surface area contributed by atoms with E-state index >= 15 is 8.78 Å². The lowest BCUT2D eigenvalue weighted by Crippen LogP contribution is -2.55. The number of amides is 1. The Bertz CT molecular complexity index is 3940. The van der Waals surface area contributed by atoms with E-state index in [4.69, 9.17) is 41.5 Å². The predicted octanol–water partition coefficient (Wildman–Crippen LogP) is 9.95. The molecule has 1 amide bonds. The molecule has 17 nitrogen and oxygen atoms in total. The van der Waals surface area contributed by atoms with E-state index in [2.05, 4.69) is 36.0 Å². The summed E-state index contributed by atoms with van der Waals surface area (Å²) in [6, 6.07) is 12.9. The summed E-state index contributed by atoms with van der Waals surface area (Å²) in [7, 11) is 1.99. The van der Waals surface area contributed by atoms with E-state index < -0.39 is 40.8 Å². The Kier molecular flexibility index (Phi) is 15.6. The number of benzene rings is 3. The van der Waals surface area contributed by atoms with Gasteiger partial charge in [0.05, 0.1) is 62.4 Å². The van der Waals surface area contributed by atoms with Crippen LogP contribution in [0.2, 0.25) is 5.02 Å². The summed E-state index contributed by atoms with van der Waals surface area (Å²) in [6.07, 6.45) is 2.73. The lowest BCUT2D eigenvalue weighted by Gasteiger charge is -2.41. The van der Waals surface area contributed by atoms with E-state index in [-0.39, 0.29) is 128 Å². The molecule has 3 saturated heterocycles. The van der Waals surface area contributed by atoms with Crippen LogP contribution in [0, 0.1) is 28.9 Å². The summed E-state index contributed by atoms with van der Waals surface area (Å²) in [5.41, 5.74) is 7.75. The minimum atomic E-state index is -1.94. The molecule has 0 bridgehead atoms. The summed E-state index contributed by atoms with van der Waals surface area (Å²) < 4.78 is 67.1. The molecule has 4 aromatic heterocycles. The van der Waals surface area contributed by atoms with Gasteiger partial charge in [0.2, 0.25) is 5.91 Å². The molecule has 5 atom stereocenters. The molecule has 5 aliphatic heterocycles. The zero-order valence-corrected chi connectivity index (χ0v) is 49.9. The number of nitrogens with one attached hydrogen (secondary N) is 1. The van der Waals surface area contributed by atoms with Crippen LogP contribution in [0.3, 0.4) is 0 Å². The van der Waals surface area contributed by atoms with Crippen LogP contribution in [0.25, 0.3) is 54.4 Å². The lowest BCUT2D eigenvalue weighted by atomic mass is 9.86. The fourth-order valence-corrected chi connectivity index (χ4v) is 14.0. The van der Waals surface area contributed by atoms with Crippen molar-refractivity contribution in [2.24, 2.45) is 5.92 Å². The first-order valence-corrected chi connectivity index (χ1v) is 29.9. The average molecular weight is 1190 g/mol. The number of piperazine rings is 1. The van der Waals surface area contributed by atoms with Gasteiger partial charge in [0.25, 0.3) is 5.56 Å². The van der Waals surface area contributed by atoms with E-state index in [0.29, 0.717) is 59.9 Å². The Hall–Kier alpha value is -7.09. The van der Waals surface area contributed by atoms with Crippen molar-refractivity contribution >= 4 is 77.5 Å². The number of nitrogen functional groups attached to an aromatic ring is 1. The second-order valence-corrected chi connectivity index (χ2v) is 24.9. The number of anilines is 2. The Morgan fingerprint density at radius 2 is 1.85 bits per heavy atom. The maximum absolute atomic E-state index is 17.5. The Balaban J connectivity index is 0.000000991. The molecule has 5 unspecified atom stereocenters. The summed E-state index contributed by atoms with van der Waals surface area (Å²) >= 11 is 7.89. The van der Waals surface area contributed by atoms with Gasteiger partial charge in [0.15, 0.2) is 11.4 Å². The summed E-state index contributed by atoms with van der Waals surface area (Å²) in [5.74, 6) is -2.08. The first-order valence-electron chi connectivity index (χ1n) is 28.7. The molecule has 0 aliphatic carbocycles. The van der Waals surface area contributed by atoms with Crippen molar-refractivity contribution in [1.29, 1.82) is 5.26 Å². The normalized spacial score (nSPS) is 21.4. The SMILES string of the molecule is CCC(C)(C)NC.CCc1c2c(nc3ccc(OCC(C)C(=O)N4CCN(c5nc(OCC67CCCN6CC(F)C7)nc6c(F)c(-c7ccc(F)c8sc(N)c(C#N)c78)c(Cl)cc56)C(C)C4)cc13)-c1cc3c(c(=O)n1C2)COC(=O)C3(O)CC. The zero-order valence-electron chi connectivity index (χ0n) is 48.4. The Morgan fingerprint density at radius 1 is 1.06 bits per heavy atom. The molecule has 5 aliphatic rings. The van der Waals surface area contributed by atoms with Crippen LogP contribution in [-0.2, 0) is 39.5 Å². The molecular weight excluding hydrogens is 1120 g/mol. The third-order valence-electron chi connectivity index (χ3n) is 18.1. The number of hydrogen-bond donors (Lipinski definition) is 3. The molecule has 0 spiro atoms.